The van der Waals surface area contributed by atoms with Crippen molar-refractivity contribution in [3.8, 4) is 0 Å². The largest absolute Gasteiger partial charge is 0.468 e. The molecule has 0 aromatic rings. The Morgan fingerprint density at radius 1 is 2.11 bits per heavy atom. The number of ether oxygens (including phenoxy) is 1. The van der Waals surface area contributed by atoms with Crippen LogP contribution in [0.25, 0.3) is 0 Å². The van der Waals surface area contributed by atoms with Crippen LogP contribution in [0.5, 0.6) is 0 Å². The molecule has 0 spiro atoms. The highest BCUT2D eigenvalue weighted by Crippen LogP contribution is 2.02. The van der Waals surface area contributed by atoms with Crippen molar-refractivity contribution in [2.75, 3.05) is 12.9 Å². The first-order valence-corrected chi connectivity index (χ1v) is 3.01. The van der Waals surface area contributed by atoms with Gasteiger partial charge in [-0.1, -0.05) is 0 Å². The van der Waals surface area contributed by atoms with Gasteiger partial charge in [0.1, 0.15) is 5.54 Å². The second-order valence-corrected chi connectivity index (χ2v) is 2.12. The molecule has 4 heteroatoms. The van der Waals surface area contributed by atoms with Gasteiger partial charge in [-0.05, 0) is 6.90 Å². The number of methoxy groups -OCH3 is 1. The molecule has 9 heavy (non-hydrogen) atoms. The minimum Gasteiger partial charge on any atom is -0.468 e. The summed E-state index contributed by atoms with van der Waals surface area (Å²) in [6, 6.07) is 0. The van der Waals surface area contributed by atoms with E-state index in [1.807, 2.05) is 0 Å². The summed E-state index contributed by atoms with van der Waals surface area (Å²) in [7, 11) is 1.24. The summed E-state index contributed by atoms with van der Waals surface area (Å²) in [5, 5.41) is 0. The van der Waals surface area contributed by atoms with Crippen molar-refractivity contribution in [3.63, 3.8) is 0 Å². The van der Waals surface area contributed by atoms with Gasteiger partial charge in [0.25, 0.3) is 0 Å². The Morgan fingerprint density at radius 2 is 2.67 bits per heavy atom. The molecular formula is C5H11NO2S. The van der Waals surface area contributed by atoms with E-state index in [4.69, 9.17) is 7.10 Å². The molecule has 0 aromatic carbocycles. The summed E-state index contributed by atoms with van der Waals surface area (Å²) in [5.74, 6) is -0.458. The molecule has 3 nitrogen and oxygen atoms in total. The van der Waals surface area contributed by atoms with E-state index in [1.54, 1.807) is 0 Å². The SMILES string of the molecule is [2H]C[C@](N)(CS)C(=O)OC. The monoisotopic (exact) mass is 150 g/mol. The van der Waals surface area contributed by atoms with Crippen LogP contribution >= 0.6 is 12.6 Å². The van der Waals surface area contributed by atoms with Gasteiger partial charge in [0.15, 0.2) is 0 Å². The number of carbonyl (C=O) groups is 1. The average Bonchev–Trinajstić information content (AvgIpc) is 2.01. The van der Waals surface area contributed by atoms with Crippen LogP contribution < -0.4 is 5.73 Å². The van der Waals surface area contributed by atoms with Gasteiger partial charge in [-0.2, -0.15) is 12.6 Å². The molecule has 0 aliphatic carbocycles. The highest BCUT2D eigenvalue weighted by molar-refractivity contribution is 7.80. The molecule has 0 aliphatic heterocycles. The smallest absolute Gasteiger partial charge is 0.326 e. The zero-order chi connectivity index (χ0) is 8.20. The van der Waals surface area contributed by atoms with E-state index in [2.05, 4.69) is 17.4 Å². The number of esters is 1. The topological polar surface area (TPSA) is 52.3 Å². The van der Waals surface area contributed by atoms with Gasteiger partial charge in [0.2, 0.25) is 0 Å². The fourth-order valence-corrected chi connectivity index (χ4v) is 0.397. The Morgan fingerprint density at radius 3 is 2.78 bits per heavy atom. The van der Waals surface area contributed by atoms with Crippen LogP contribution in [-0.4, -0.2) is 24.4 Å². The molecule has 0 amide bonds. The van der Waals surface area contributed by atoms with E-state index in [1.165, 1.54) is 7.11 Å². The summed E-state index contributed by atoms with van der Waals surface area (Å²) in [5.41, 5.74) is 4.17. The number of thiol groups is 1. The molecule has 0 aromatic heterocycles. The van der Waals surface area contributed by atoms with E-state index < -0.39 is 11.5 Å². The highest BCUT2D eigenvalue weighted by atomic mass is 32.1. The maximum Gasteiger partial charge on any atom is 0.326 e. The molecule has 0 fully saturated rings. The molecule has 1 atom stereocenters. The van der Waals surface area contributed by atoms with Crippen molar-refractivity contribution in [3.05, 3.63) is 0 Å². The van der Waals surface area contributed by atoms with E-state index in [0.29, 0.717) is 0 Å². The van der Waals surface area contributed by atoms with Crippen LogP contribution in [0.1, 0.15) is 8.27 Å². The Bertz CT molecular complexity index is 127. The third kappa shape index (κ3) is 2.24. The van der Waals surface area contributed by atoms with Gasteiger partial charge in [-0.25, -0.2) is 0 Å². The number of nitrogens with two attached hydrogens (primary N) is 1. The lowest BCUT2D eigenvalue weighted by Crippen LogP contribution is -2.47. The fourth-order valence-electron chi connectivity index (χ4n) is 0.268. The van der Waals surface area contributed by atoms with Crippen molar-refractivity contribution >= 4 is 18.6 Å². The number of hydrogen-bond donors (Lipinski definition) is 2. The first-order chi connectivity index (χ1) is 4.60. The Hall–Kier alpha value is -0.220. The fraction of sp³-hybridized carbons (Fsp3) is 0.800. The first-order valence-electron chi connectivity index (χ1n) is 3.09. The van der Waals surface area contributed by atoms with E-state index >= 15 is 0 Å². The van der Waals surface area contributed by atoms with Crippen molar-refractivity contribution in [1.82, 2.24) is 0 Å². The second-order valence-electron chi connectivity index (χ2n) is 1.81. The van der Waals surface area contributed by atoms with Gasteiger partial charge in [-0.15, -0.1) is 0 Å². The standard InChI is InChI=1S/C5H11NO2S/c1-5(6,3-9)4(7)8-2/h9H,3,6H2,1-2H3/t5-/m0/s1/i1D. The molecule has 0 saturated heterocycles. The van der Waals surface area contributed by atoms with Crippen molar-refractivity contribution in [2.24, 2.45) is 5.73 Å². The van der Waals surface area contributed by atoms with Gasteiger partial charge in [-0.3, -0.25) is 4.79 Å². The maximum atomic E-state index is 10.8. The molecule has 0 aliphatic rings. The summed E-state index contributed by atoms with van der Waals surface area (Å²) >= 11 is 3.83. The van der Waals surface area contributed by atoms with Crippen LogP contribution in [0.4, 0.5) is 0 Å². The third-order valence-corrected chi connectivity index (χ3v) is 1.44. The van der Waals surface area contributed by atoms with Crippen LogP contribution in [-0.2, 0) is 9.53 Å². The molecule has 0 heterocycles. The van der Waals surface area contributed by atoms with Crippen LogP contribution in [0.2, 0.25) is 0 Å². The van der Waals surface area contributed by atoms with E-state index in [0.717, 1.165) is 0 Å². The number of carbonyl (C=O) groups excluding carboxylic acids is 1. The summed E-state index contributed by atoms with van der Waals surface area (Å²) in [6.45, 7) is -0.205. The summed E-state index contributed by atoms with van der Waals surface area (Å²) < 4.78 is 11.3. The molecule has 0 bridgehead atoms. The first kappa shape index (κ1) is 6.89. The minimum absolute atomic E-state index is 0.128. The number of rotatable bonds is 2. The van der Waals surface area contributed by atoms with Gasteiger partial charge >= 0.3 is 5.97 Å². The van der Waals surface area contributed by atoms with Gasteiger partial charge in [0, 0.05) is 7.12 Å². The molecule has 0 radical (unpaired) electrons. The Labute approximate surface area is 61.4 Å². The van der Waals surface area contributed by atoms with Crippen LogP contribution in [0.15, 0.2) is 0 Å². The molecule has 0 unspecified atom stereocenters. The van der Waals surface area contributed by atoms with Gasteiger partial charge < -0.3 is 10.5 Å². The minimum atomic E-state index is -1.24. The van der Waals surface area contributed by atoms with Crippen molar-refractivity contribution in [2.45, 2.75) is 12.4 Å². The highest BCUT2D eigenvalue weighted by Gasteiger charge is 2.26. The normalized spacial score (nSPS) is 17.9. The third-order valence-electron chi connectivity index (χ3n) is 0.874. The zero-order valence-corrected chi connectivity index (χ0v) is 6.15. The lowest BCUT2D eigenvalue weighted by Gasteiger charge is -2.17. The van der Waals surface area contributed by atoms with E-state index in [9.17, 15) is 4.79 Å². The summed E-state index contributed by atoms with van der Waals surface area (Å²) in [4.78, 5) is 10.8. The lowest BCUT2D eigenvalue weighted by molar-refractivity contribution is -0.145. The lowest BCUT2D eigenvalue weighted by atomic mass is 10.1. The molecule has 0 saturated carbocycles. The molecule has 2 N–H and O–H groups in total. The predicted octanol–water partition coefficient (Wildman–Crippen LogP) is -0.193. The number of hydrogen-bond acceptors (Lipinski definition) is 4. The van der Waals surface area contributed by atoms with Crippen LogP contribution in [0, 0.1) is 0 Å². The molecule has 54 valence electrons. The van der Waals surface area contributed by atoms with E-state index in [-0.39, 0.29) is 12.7 Å². The summed E-state index contributed by atoms with van der Waals surface area (Å²) in [6.07, 6.45) is 0. The Kier molecular flexibility index (Phi) is 2.36. The van der Waals surface area contributed by atoms with Crippen molar-refractivity contribution < 1.29 is 10.9 Å². The molecular weight excluding hydrogens is 138 g/mol. The quantitative estimate of drug-likeness (QED) is 0.423. The average molecular weight is 150 g/mol. The van der Waals surface area contributed by atoms with Gasteiger partial charge in [0.05, 0.1) is 7.11 Å². The predicted molar refractivity (Wildman–Crippen MR) is 38.5 cm³/mol. The zero-order valence-electron chi connectivity index (χ0n) is 6.26. The molecule has 0 rings (SSSR count). The maximum absolute atomic E-state index is 10.8. The Balaban J connectivity index is 4.17. The van der Waals surface area contributed by atoms with Crippen molar-refractivity contribution in [1.29, 1.82) is 0 Å². The van der Waals surface area contributed by atoms with Crippen LogP contribution in [0.3, 0.4) is 0 Å². The second kappa shape index (κ2) is 3.08.